The Labute approximate surface area is 150 Å². The summed E-state index contributed by atoms with van der Waals surface area (Å²) in [5.74, 6) is -1.21. The normalized spacial score (nSPS) is 10.2. The molecule has 2 aromatic rings. The molecule has 0 bridgehead atoms. The molecule has 6 nitrogen and oxygen atoms in total. The molecule has 0 aliphatic heterocycles. The zero-order chi connectivity index (χ0) is 18.6. The van der Waals surface area contributed by atoms with E-state index >= 15 is 0 Å². The molecular weight excluding hydrogens is 340 g/mol. The van der Waals surface area contributed by atoms with Crippen LogP contribution >= 0.6 is 11.3 Å². The Hall–Kier alpha value is -2.67. The quantitative estimate of drug-likeness (QED) is 0.802. The van der Waals surface area contributed by atoms with Gasteiger partial charge in [0.1, 0.15) is 9.88 Å². The highest BCUT2D eigenvalue weighted by Gasteiger charge is 2.26. The van der Waals surface area contributed by atoms with E-state index in [1.165, 1.54) is 7.05 Å². The van der Waals surface area contributed by atoms with Crippen LogP contribution in [0.5, 0.6) is 0 Å². The van der Waals surface area contributed by atoms with Gasteiger partial charge >= 0.3 is 5.97 Å². The molecule has 0 aliphatic carbocycles. The first-order chi connectivity index (χ1) is 11.9. The van der Waals surface area contributed by atoms with E-state index in [2.05, 4.69) is 10.6 Å². The summed E-state index contributed by atoms with van der Waals surface area (Å²) in [6.07, 6.45) is 0. The number of benzene rings is 1. The van der Waals surface area contributed by atoms with Crippen molar-refractivity contribution in [2.45, 2.75) is 20.8 Å². The zero-order valence-electron chi connectivity index (χ0n) is 14.6. The van der Waals surface area contributed by atoms with Gasteiger partial charge in [0.2, 0.25) is 0 Å². The fourth-order valence-corrected chi connectivity index (χ4v) is 3.48. The van der Waals surface area contributed by atoms with Crippen LogP contribution in [-0.2, 0) is 4.74 Å². The van der Waals surface area contributed by atoms with E-state index in [4.69, 9.17) is 4.74 Å². The molecule has 0 saturated carbocycles. The highest BCUT2D eigenvalue weighted by molar-refractivity contribution is 7.18. The number of rotatable bonds is 5. The molecule has 0 unspecified atom stereocenters. The van der Waals surface area contributed by atoms with Gasteiger partial charge in [0.15, 0.2) is 0 Å². The molecule has 1 aromatic heterocycles. The monoisotopic (exact) mass is 360 g/mol. The van der Waals surface area contributed by atoms with Gasteiger partial charge in [-0.3, -0.25) is 9.59 Å². The highest BCUT2D eigenvalue weighted by atomic mass is 32.1. The molecule has 0 aliphatic rings. The maximum Gasteiger partial charge on any atom is 0.348 e. The van der Waals surface area contributed by atoms with Crippen molar-refractivity contribution in [1.82, 2.24) is 5.32 Å². The van der Waals surface area contributed by atoms with Gasteiger partial charge in [-0.1, -0.05) is 18.2 Å². The molecule has 0 fully saturated rings. The van der Waals surface area contributed by atoms with Gasteiger partial charge in [0.05, 0.1) is 12.2 Å². The van der Waals surface area contributed by atoms with Crippen molar-refractivity contribution in [3.05, 3.63) is 51.4 Å². The molecular formula is C18H20N2O4S. The lowest BCUT2D eigenvalue weighted by atomic mass is 10.1. The van der Waals surface area contributed by atoms with Gasteiger partial charge in [-0.05, 0) is 38.0 Å². The van der Waals surface area contributed by atoms with Gasteiger partial charge in [-0.25, -0.2) is 4.79 Å². The predicted molar refractivity (Wildman–Crippen MR) is 97.5 cm³/mol. The van der Waals surface area contributed by atoms with Crippen molar-refractivity contribution >= 4 is 34.1 Å². The number of anilines is 1. The fraction of sp³-hybridized carbons (Fsp3) is 0.278. The van der Waals surface area contributed by atoms with Crippen LogP contribution in [0, 0.1) is 13.8 Å². The third-order valence-electron chi connectivity index (χ3n) is 3.68. The maximum atomic E-state index is 12.6. The van der Waals surface area contributed by atoms with E-state index < -0.39 is 5.97 Å². The summed E-state index contributed by atoms with van der Waals surface area (Å²) < 4.78 is 5.03. The lowest BCUT2D eigenvalue weighted by Gasteiger charge is -2.08. The van der Waals surface area contributed by atoms with Crippen molar-refractivity contribution in [1.29, 1.82) is 0 Å². The number of carbonyl (C=O) groups excluding carboxylic acids is 3. The number of amides is 2. The number of aryl methyl sites for hydroxylation is 1. The Morgan fingerprint density at radius 1 is 1.12 bits per heavy atom. The number of nitrogens with one attached hydrogen (secondary N) is 2. The van der Waals surface area contributed by atoms with Crippen LogP contribution in [0.25, 0.3) is 0 Å². The molecule has 0 spiro atoms. The number of esters is 1. The number of ether oxygens (including phenoxy) is 1. The lowest BCUT2D eigenvalue weighted by molar-refractivity contribution is 0.0531. The standard InChI is InChI=1S/C18H20N2O4S/c1-5-24-18(23)14-11(3)13(16(22)19-4)17(25-14)20-15(21)12-9-7-6-8-10(12)2/h6-9H,5H2,1-4H3,(H,19,22)(H,20,21). The largest absolute Gasteiger partial charge is 0.462 e. The van der Waals surface area contributed by atoms with Crippen molar-refractivity contribution in [3.8, 4) is 0 Å². The molecule has 2 rings (SSSR count). The van der Waals surface area contributed by atoms with E-state index in [0.717, 1.165) is 16.9 Å². The third kappa shape index (κ3) is 3.88. The smallest absolute Gasteiger partial charge is 0.348 e. The Bertz CT molecular complexity index is 826. The first-order valence-electron chi connectivity index (χ1n) is 7.80. The molecule has 7 heteroatoms. The van der Waals surface area contributed by atoms with Gasteiger partial charge in [0, 0.05) is 12.6 Å². The summed E-state index contributed by atoms with van der Waals surface area (Å²) >= 11 is 1.04. The molecule has 0 radical (unpaired) electrons. The minimum Gasteiger partial charge on any atom is -0.462 e. The maximum absolute atomic E-state index is 12.6. The van der Waals surface area contributed by atoms with Gasteiger partial charge in [0.25, 0.3) is 11.8 Å². The van der Waals surface area contributed by atoms with Gasteiger partial charge < -0.3 is 15.4 Å². The van der Waals surface area contributed by atoms with E-state index in [1.54, 1.807) is 26.0 Å². The van der Waals surface area contributed by atoms with Gasteiger partial charge in [-0.2, -0.15) is 0 Å². The van der Waals surface area contributed by atoms with Crippen molar-refractivity contribution in [2.24, 2.45) is 0 Å². The number of hydrogen-bond donors (Lipinski definition) is 2. The topological polar surface area (TPSA) is 84.5 Å². The Kier molecular flexibility index (Phi) is 5.93. The molecule has 25 heavy (non-hydrogen) atoms. The van der Waals surface area contributed by atoms with E-state index in [0.29, 0.717) is 21.0 Å². The summed E-state index contributed by atoms with van der Waals surface area (Å²) in [4.78, 5) is 37.2. The van der Waals surface area contributed by atoms with Gasteiger partial charge in [-0.15, -0.1) is 11.3 Å². The van der Waals surface area contributed by atoms with Crippen LogP contribution in [0.2, 0.25) is 0 Å². The first kappa shape index (κ1) is 18.7. The summed E-state index contributed by atoms with van der Waals surface area (Å²) in [5, 5.41) is 5.61. The fourth-order valence-electron chi connectivity index (χ4n) is 2.39. The van der Waals surface area contributed by atoms with Crippen LogP contribution in [0.4, 0.5) is 5.00 Å². The molecule has 2 N–H and O–H groups in total. The first-order valence-corrected chi connectivity index (χ1v) is 8.61. The highest BCUT2D eigenvalue weighted by Crippen LogP contribution is 2.34. The Morgan fingerprint density at radius 3 is 2.40 bits per heavy atom. The lowest BCUT2D eigenvalue weighted by Crippen LogP contribution is -2.21. The Balaban J connectivity index is 2.44. The Morgan fingerprint density at radius 2 is 1.80 bits per heavy atom. The summed E-state index contributed by atoms with van der Waals surface area (Å²) in [6.45, 7) is 5.44. The molecule has 0 atom stereocenters. The van der Waals surface area contributed by atoms with Crippen molar-refractivity contribution < 1.29 is 19.1 Å². The average molecular weight is 360 g/mol. The summed E-state index contributed by atoms with van der Waals surface area (Å²) in [7, 11) is 1.50. The molecule has 1 heterocycles. The zero-order valence-corrected chi connectivity index (χ0v) is 15.4. The summed E-state index contributed by atoms with van der Waals surface area (Å²) in [5.41, 5.74) is 2.09. The van der Waals surface area contributed by atoms with Crippen molar-refractivity contribution in [2.75, 3.05) is 19.0 Å². The minimum atomic E-state index is -0.508. The predicted octanol–water partition coefficient (Wildman–Crippen LogP) is 3.15. The van der Waals surface area contributed by atoms with Crippen LogP contribution in [-0.4, -0.2) is 31.4 Å². The SMILES string of the molecule is CCOC(=O)c1sc(NC(=O)c2ccccc2C)c(C(=O)NC)c1C. The van der Waals surface area contributed by atoms with E-state index in [9.17, 15) is 14.4 Å². The molecule has 0 saturated heterocycles. The second-order valence-corrected chi connectivity index (χ2v) is 6.35. The average Bonchev–Trinajstić information content (AvgIpc) is 2.91. The summed E-state index contributed by atoms with van der Waals surface area (Å²) in [6, 6.07) is 7.15. The van der Waals surface area contributed by atoms with Crippen LogP contribution in [0.3, 0.4) is 0 Å². The minimum absolute atomic E-state index is 0.233. The molecule has 1 aromatic carbocycles. The van der Waals surface area contributed by atoms with E-state index in [-0.39, 0.29) is 24.0 Å². The van der Waals surface area contributed by atoms with E-state index in [1.807, 2.05) is 19.1 Å². The van der Waals surface area contributed by atoms with Crippen LogP contribution < -0.4 is 10.6 Å². The number of carbonyl (C=O) groups is 3. The second-order valence-electron chi connectivity index (χ2n) is 5.33. The molecule has 132 valence electrons. The van der Waals surface area contributed by atoms with Crippen LogP contribution in [0.15, 0.2) is 24.3 Å². The van der Waals surface area contributed by atoms with Crippen LogP contribution in [0.1, 0.15) is 48.4 Å². The molecule has 2 amide bonds. The third-order valence-corrected chi connectivity index (χ3v) is 4.87. The second kappa shape index (κ2) is 7.94. The number of hydrogen-bond acceptors (Lipinski definition) is 5. The number of thiophene rings is 1. The van der Waals surface area contributed by atoms with Crippen molar-refractivity contribution in [3.63, 3.8) is 0 Å².